The van der Waals surface area contributed by atoms with E-state index < -0.39 is 17.6 Å². The monoisotopic (exact) mass is 412 g/mol. The van der Waals surface area contributed by atoms with Gasteiger partial charge in [0.15, 0.2) is 5.82 Å². The van der Waals surface area contributed by atoms with Crippen molar-refractivity contribution in [3.63, 3.8) is 0 Å². The number of alkyl halides is 3. The number of pyridine rings is 1. The Bertz CT molecular complexity index is 929. The zero-order chi connectivity index (χ0) is 20.3. The number of aliphatic hydroxyl groups excluding tert-OH is 1. The summed E-state index contributed by atoms with van der Waals surface area (Å²) in [6, 6.07) is 4.69. The van der Waals surface area contributed by atoms with Crippen molar-refractivity contribution < 1.29 is 27.8 Å². The lowest BCUT2D eigenvalue weighted by atomic mass is 9.99. The van der Waals surface area contributed by atoms with Gasteiger partial charge in [-0.2, -0.15) is 13.2 Å². The second-order valence-corrected chi connectivity index (χ2v) is 6.56. The molecule has 0 atom stereocenters. The molecule has 0 unspecified atom stereocenters. The maximum atomic E-state index is 12.9. The summed E-state index contributed by atoms with van der Waals surface area (Å²) in [7, 11) is 0. The summed E-state index contributed by atoms with van der Waals surface area (Å²) >= 11 is 6.03. The number of carbonyl (C=O) groups excluding carboxylic acids is 1. The molecule has 28 heavy (non-hydrogen) atoms. The Morgan fingerprint density at radius 1 is 1.36 bits per heavy atom. The number of carbonyl (C=O) groups is 1. The standard InChI is InChI=1S/C19H16ClF3N2O3/c20-15-6-11(10-26)9-24-18(15)25-17(27)7-12-2-1-5-28-16-8-13(19(21,22)23)3-4-14(12)16/h3-4,6-9,26H,1-2,5,10H2,(H,24,25,27). The molecule has 3 rings (SSSR count). The van der Waals surface area contributed by atoms with Gasteiger partial charge in [0, 0.05) is 17.8 Å². The summed E-state index contributed by atoms with van der Waals surface area (Å²) < 4.78 is 44.2. The highest BCUT2D eigenvalue weighted by molar-refractivity contribution is 6.33. The topological polar surface area (TPSA) is 71.5 Å². The molecule has 1 amide bonds. The molecule has 5 nitrogen and oxygen atoms in total. The molecular formula is C19H16ClF3N2O3. The first-order valence-electron chi connectivity index (χ1n) is 8.39. The van der Waals surface area contributed by atoms with Crippen LogP contribution in [0.4, 0.5) is 19.0 Å². The van der Waals surface area contributed by atoms with Gasteiger partial charge in [-0.25, -0.2) is 4.98 Å². The number of nitrogens with one attached hydrogen (secondary N) is 1. The summed E-state index contributed by atoms with van der Waals surface area (Å²) in [6.45, 7) is 0.0188. The third kappa shape index (κ3) is 4.63. The molecule has 0 spiro atoms. The molecule has 0 radical (unpaired) electrons. The highest BCUT2D eigenvalue weighted by Crippen LogP contribution is 2.38. The van der Waals surface area contributed by atoms with Crippen molar-refractivity contribution in [1.82, 2.24) is 4.98 Å². The average molecular weight is 413 g/mol. The van der Waals surface area contributed by atoms with Crippen molar-refractivity contribution in [1.29, 1.82) is 0 Å². The Hall–Kier alpha value is -2.58. The second-order valence-electron chi connectivity index (χ2n) is 6.15. The van der Waals surface area contributed by atoms with E-state index >= 15 is 0 Å². The zero-order valence-corrected chi connectivity index (χ0v) is 15.3. The van der Waals surface area contributed by atoms with Gasteiger partial charge in [-0.05, 0) is 42.2 Å². The van der Waals surface area contributed by atoms with Crippen LogP contribution in [0.1, 0.15) is 29.5 Å². The zero-order valence-electron chi connectivity index (χ0n) is 14.5. The van der Waals surface area contributed by atoms with Crippen molar-refractivity contribution >= 4 is 28.9 Å². The number of aliphatic hydroxyl groups is 1. The lowest BCUT2D eigenvalue weighted by Gasteiger charge is -2.13. The number of allylic oxidation sites excluding steroid dienone is 1. The second kappa shape index (κ2) is 8.20. The van der Waals surface area contributed by atoms with E-state index in [1.807, 2.05) is 0 Å². The highest BCUT2D eigenvalue weighted by atomic mass is 35.5. The number of hydrogen-bond acceptors (Lipinski definition) is 4. The smallest absolute Gasteiger partial charge is 0.416 e. The minimum atomic E-state index is -4.48. The van der Waals surface area contributed by atoms with Gasteiger partial charge in [-0.1, -0.05) is 17.7 Å². The fourth-order valence-corrected chi connectivity index (χ4v) is 3.02. The first-order valence-corrected chi connectivity index (χ1v) is 8.77. The third-order valence-corrected chi connectivity index (χ3v) is 4.42. The Labute approximate surface area is 163 Å². The molecule has 1 aliphatic heterocycles. The van der Waals surface area contributed by atoms with Crippen LogP contribution >= 0.6 is 11.6 Å². The van der Waals surface area contributed by atoms with Gasteiger partial charge < -0.3 is 15.2 Å². The molecular weight excluding hydrogens is 397 g/mol. The number of nitrogens with zero attached hydrogens (tertiary/aromatic N) is 1. The number of benzene rings is 1. The van der Waals surface area contributed by atoms with Crippen LogP contribution < -0.4 is 10.1 Å². The maximum absolute atomic E-state index is 12.9. The van der Waals surface area contributed by atoms with Gasteiger partial charge in [0.2, 0.25) is 5.91 Å². The van der Waals surface area contributed by atoms with Crippen LogP contribution in [0.25, 0.3) is 5.57 Å². The SMILES string of the molecule is O=C(C=C1CCCOc2cc(C(F)(F)F)ccc21)Nc1ncc(CO)cc1Cl. The molecule has 1 aromatic carbocycles. The van der Waals surface area contributed by atoms with Gasteiger partial charge in [-0.3, -0.25) is 4.79 Å². The summed E-state index contributed by atoms with van der Waals surface area (Å²) in [6.07, 6.45) is -0.772. The highest BCUT2D eigenvalue weighted by Gasteiger charge is 2.32. The van der Waals surface area contributed by atoms with Crippen LogP contribution in [-0.2, 0) is 17.6 Å². The Balaban J connectivity index is 1.87. The van der Waals surface area contributed by atoms with Crippen LogP contribution in [-0.4, -0.2) is 22.6 Å². The molecule has 9 heteroatoms. The fraction of sp³-hybridized carbons (Fsp3) is 0.263. The molecule has 1 aromatic heterocycles. The molecule has 0 fully saturated rings. The van der Waals surface area contributed by atoms with E-state index in [9.17, 15) is 18.0 Å². The van der Waals surface area contributed by atoms with E-state index in [4.69, 9.17) is 21.4 Å². The third-order valence-electron chi connectivity index (χ3n) is 4.13. The number of rotatable bonds is 3. The van der Waals surface area contributed by atoms with Crippen LogP contribution in [0.5, 0.6) is 5.75 Å². The molecule has 0 aliphatic carbocycles. The number of halogens is 4. The molecule has 1 aliphatic rings. The van der Waals surface area contributed by atoms with Gasteiger partial charge >= 0.3 is 6.18 Å². The van der Waals surface area contributed by atoms with Crippen LogP contribution in [0.15, 0.2) is 36.5 Å². The van der Waals surface area contributed by atoms with E-state index in [2.05, 4.69) is 10.3 Å². The fourth-order valence-electron chi connectivity index (χ4n) is 2.78. The first-order chi connectivity index (χ1) is 13.3. The Kier molecular flexibility index (Phi) is 5.90. The van der Waals surface area contributed by atoms with Crippen molar-refractivity contribution in [3.8, 4) is 5.75 Å². The lowest BCUT2D eigenvalue weighted by molar-refractivity contribution is -0.137. The Morgan fingerprint density at radius 3 is 2.82 bits per heavy atom. The van der Waals surface area contributed by atoms with E-state index in [0.717, 1.165) is 12.1 Å². The van der Waals surface area contributed by atoms with Gasteiger partial charge in [0.05, 0.1) is 23.8 Å². The number of anilines is 1. The molecule has 2 N–H and O–H groups in total. The lowest BCUT2D eigenvalue weighted by Crippen LogP contribution is -2.11. The number of aromatic nitrogens is 1. The molecule has 0 saturated heterocycles. The van der Waals surface area contributed by atoms with E-state index in [1.165, 1.54) is 24.4 Å². The number of ether oxygens (including phenoxy) is 1. The quantitative estimate of drug-likeness (QED) is 0.731. The van der Waals surface area contributed by atoms with Crippen molar-refractivity contribution in [2.75, 3.05) is 11.9 Å². The van der Waals surface area contributed by atoms with Gasteiger partial charge in [-0.15, -0.1) is 0 Å². The van der Waals surface area contributed by atoms with E-state index in [0.29, 0.717) is 29.5 Å². The van der Waals surface area contributed by atoms with E-state index in [-0.39, 0.29) is 29.8 Å². The normalized spacial score (nSPS) is 15.5. The van der Waals surface area contributed by atoms with Crippen LogP contribution in [0, 0.1) is 0 Å². The number of amides is 1. The number of fused-ring (bicyclic) bond motifs is 1. The molecule has 0 saturated carbocycles. The Morgan fingerprint density at radius 2 is 2.14 bits per heavy atom. The van der Waals surface area contributed by atoms with Crippen LogP contribution in [0.3, 0.4) is 0 Å². The minimum absolute atomic E-state index is 0.0924. The van der Waals surface area contributed by atoms with Crippen molar-refractivity contribution in [2.24, 2.45) is 0 Å². The summed E-state index contributed by atoms with van der Waals surface area (Å²) in [5, 5.41) is 11.8. The minimum Gasteiger partial charge on any atom is -0.493 e. The molecule has 2 heterocycles. The number of hydrogen-bond donors (Lipinski definition) is 2. The molecule has 148 valence electrons. The summed E-state index contributed by atoms with van der Waals surface area (Å²) in [5.41, 5.74) is 0.686. The van der Waals surface area contributed by atoms with Gasteiger partial charge in [0.25, 0.3) is 0 Å². The summed E-state index contributed by atoms with van der Waals surface area (Å²) in [4.78, 5) is 16.4. The van der Waals surface area contributed by atoms with Gasteiger partial charge in [0.1, 0.15) is 5.75 Å². The van der Waals surface area contributed by atoms with Crippen molar-refractivity contribution in [3.05, 3.63) is 58.3 Å². The maximum Gasteiger partial charge on any atom is 0.416 e. The van der Waals surface area contributed by atoms with E-state index in [1.54, 1.807) is 0 Å². The largest absolute Gasteiger partial charge is 0.493 e. The van der Waals surface area contributed by atoms with Crippen LogP contribution in [0.2, 0.25) is 5.02 Å². The predicted molar refractivity (Wildman–Crippen MR) is 97.9 cm³/mol. The molecule has 2 aromatic rings. The first kappa shape index (κ1) is 20.2. The van der Waals surface area contributed by atoms with Crippen molar-refractivity contribution in [2.45, 2.75) is 25.6 Å². The summed E-state index contributed by atoms with van der Waals surface area (Å²) in [5.74, 6) is -0.304. The molecule has 0 bridgehead atoms. The predicted octanol–water partition coefficient (Wildman–Crippen LogP) is 4.44. The average Bonchev–Trinajstić information content (AvgIpc) is 2.84.